The van der Waals surface area contributed by atoms with Gasteiger partial charge in [0, 0.05) is 24.3 Å². The normalized spacial score (nSPS) is 16.5. The Kier molecular flexibility index (Phi) is 6.07. The number of imide groups is 1. The predicted molar refractivity (Wildman–Crippen MR) is 120 cm³/mol. The summed E-state index contributed by atoms with van der Waals surface area (Å²) < 4.78 is 0. The maximum atomic E-state index is 13.0. The largest absolute Gasteiger partial charge is 0.322 e. The maximum absolute atomic E-state index is 13.0. The van der Waals surface area contributed by atoms with Crippen LogP contribution in [-0.2, 0) is 6.54 Å². The second kappa shape index (κ2) is 8.92. The smallest absolute Gasteiger partial charge is 0.318 e. The van der Waals surface area contributed by atoms with Crippen molar-refractivity contribution < 1.29 is 14.4 Å². The van der Waals surface area contributed by atoms with Gasteiger partial charge in [-0.1, -0.05) is 49.6 Å². The van der Waals surface area contributed by atoms with Crippen LogP contribution in [0.25, 0.3) is 0 Å². The number of carbonyl (C=O) groups excluding carboxylic acids is 3. The molecule has 0 bridgehead atoms. The Morgan fingerprint density at radius 2 is 1.68 bits per heavy atom. The highest BCUT2D eigenvalue weighted by atomic mass is 16.2. The SMILES string of the molecule is CC(C)N(Cc1ccccc1)C(=O)Nc1ccc2c(c1)C(=O)N(C1CCCCC1)C2=O. The van der Waals surface area contributed by atoms with Gasteiger partial charge in [-0.3, -0.25) is 14.5 Å². The molecule has 4 rings (SSSR count). The first-order valence-corrected chi connectivity index (χ1v) is 11.1. The van der Waals surface area contributed by atoms with E-state index >= 15 is 0 Å². The standard InChI is InChI=1S/C25H29N3O3/c1-17(2)27(16-18-9-5-3-6-10-18)25(31)26-19-13-14-21-22(15-19)24(30)28(23(21)29)20-11-7-4-8-12-20/h3,5-6,9-10,13-15,17,20H,4,7-8,11-12,16H2,1-2H3,(H,26,31). The molecule has 1 aliphatic heterocycles. The van der Waals surface area contributed by atoms with Gasteiger partial charge in [-0.25, -0.2) is 4.79 Å². The van der Waals surface area contributed by atoms with Crippen LogP contribution < -0.4 is 5.32 Å². The Bertz CT molecular complexity index is 981. The van der Waals surface area contributed by atoms with Crippen molar-refractivity contribution in [3.8, 4) is 0 Å². The number of nitrogens with zero attached hydrogens (tertiary/aromatic N) is 2. The molecule has 1 heterocycles. The number of hydrogen-bond acceptors (Lipinski definition) is 3. The van der Waals surface area contributed by atoms with E-state index in [9.17, 15) is 14.4 Å². The van der Waals surface area contributed by atoms with Crippen molar-refractivity contribution in [1.29, 1.82) is 0 Å². The fraction of sp³-hybridized carbons (Fsp3) is 0.400. The predicted octanol–water partition coefficient (Wildman–Crippen LogP) is 5.06. The molecule has 4 amide bonds. The first-order valence-electron chi connectivity index (χ1n) is 11.1. The van der Waals surface area contributed by atoms with Gasteiger partial charge in [0.25, 0.3) is 11.8 Å². The fourth-order valence-electron chi connectivity index (χ4n) is 4.47. The molecule has 31 heavy (non-hydrogen) atoms. The van der Waals surface area contributed by atoms with E-state index < -0.39 is 0 Å². The summed E-state index contributed by atoms with van der Waals surface area (Å²) in [7, 11) is 0. The van der Waals surface area contributed by atoms with E-state index in [-0.39, 0.29) is 29.9 Å². The van der Waals surface area contributed by atoms with E-state index in [0.29, 0.717) is 23.4 Å². The first-order chi connectivity index (χ1) is 15.0. The van der Waals surface area contributed by atoms with Crippen LogP contribution in [-0.4, -0.2) is 39.7 Å². The molecule has 6 nitrogen and oxygen atoms in total. The summed E-state index contributed by atoms with van der Waals surface area (Å²) in [5, 5.41) is 2.91. The number of nitrogens with one attached hydrogen (secondary N) is 1. The van der Waals surface area contributed by atoms with E-state index in [0.717, 1.165) is 37.7 Å². The highest BCUT2D eigenvalue weighted by Gasteiger charge is 2.40. The van der Waals surface area contributed by atoms with Crippen LogP contribution in [0.3, 0.4) is 0 Å². The second-order valence-electron chi connectivity index (χ2n) is 8.67. The topological polar surface area (TPSA) is 69.7 Å². The van der Waals surface area contributed by atoms with Gasteiger partial charge < -0.3 is 10.2 Å². The average molecular weight is 420 g/mol. The van der Waals surface area contributed by atoms with E-state index in [1.165, 1.54) is 4.90 Å². The molecule has 0 radical (unpaired) electrons. The zero-order valence-electron chi connectivity index (χ0n) is 18.1. The number of fused-ring (bicyclic) bond motifs is 1. The van der Waals surface area contributed by atoms with Crippen LogP contribution >= 0.6 is 0 Å². The molecule has 1 saturated carbocycles. The quantitative estimate of drug-likeness (QED) is 0.689. The Labute approximate surface area is 183 Å². The molecule has 1 fully saturated rings. The molecular formula is C25H29N3O3. The minimum atomic E-state index is -0.243. The van der Waals surface area contributed by atoms with Crippen LogP contribution in [0.1, 0.15) is 72.2 Å². The second-order valence-corrected chi connectivity index (χ2v) is 8.67. The van der Waals surface area contributed by atoms with Crippen molar-refractivity contribution in [2.75, 3.05) is 5.32 Å². The Hall–Kier alpha value is -3.15. The zero-order chi connectivity index (χ0) is 22.0. The lowest BCUT2D eigenvalue weighted by Crippen LogP contribution is -2.40. The van der Waals surface area contributed by atoms with Gasteiger partial charge in [-0.05, 0) is 50.5 Å². The van der Waals surface area contributed by atoms with Gasteiger partial charge in [-0.2, -0.15) is 0 Å². The molecule has 2 aromatic rings. The number of urea groups is 1. The third-order valence-electron chi connectivity index (χ3n) is 6.19. The van der Waals surface area contributed by atoms with E-state index in [4.69, 9.17) is 0 Å². The van der Waals surface area contributed by atoms with Crippen LogP contribution in [0.5, 0.6) is 0 Å². The number of benzene rings is 2. The molecule has 0 atom stereocenters. The molecule has 1 aliphatic carbocycles. The van der Waals surface area contributed by atoms with Crippen molar-refractivity contribution in [2.45, 2.75) is 64.6 Å². The number of rotatable bonds is 5. The summed E-state index contributed by atoms with van der Waals surface area (Å²) in [5.74, 6) is -0.453. The third-order valence-corrected chi connectivity index (χ3v) is 6.19. The van der Waals surface area contributed by atoms with Crippen molar-refractivity contribution >= 4 is 23.5 Å². The summed E-state index contributed by atoms with van der Waals surface area (Å²) in [6.45, 7) is 4.42. The summed E-state index contributed by atoms with van der Waals surface area (Å²) >= 11 is 0. The van der Waals surface area contributed by atoms with E-state index in [1.54, 1.807) is 23.1 Å². The van der Waals surface area contributed by atoms with Gasteiger partial charge in [0.05, 0.1) is 11.1 Å². The van der Waals surface area contributed by atoms with E-state index in [1.807, 2.05) is 44.2 Å². The number of anilines is 1. The van der Waals surface area contributed by atoms with E-state index in [2.05, 4.69) is 5.32 Å². The summed E-state index contributed by atoms with van der Waals surface area (Å²) in [6, 6.07) is 14.6. The third kappa shape index (κ3) is 4.33. The van der Waals surface area contributed by atoms with Gasteiger partial charge in [0.1, 0.15) is 0 Å². The van der Waals surface area contributed by atoms with Crippen molar-refractivity contribution in [2.24, 2.45) is 0 Å². The minimum absolute atomic E-state index is 0.000337. The van der Waals surface area contributed by atoms with Crippen LogP contribution in [0.2, 0.25) is 0 Å². The average Bonchev–Trinajstić information content (AvgIpc) is 3.02. The van der Waals surface area contributed by atoms with Crippen LogP contribution in [0.4, 0.5) is 10.5 Å². The van der Waals surface area contributed by atoms with Crippen molar-refractivity contribution in [3.63, 3.8) is 0 Å². The highest BCUT2D eigenvalue weighted by molar-refractivity contribution is 6.22. The lowest BCUT2D eigenvalue weighted by Gasteiger charge is -2.29. The zero-order valence-corrected chi connectivity index (χ0v) is 18.1. The number of carbonyl (C=O) groups is 3. The molecule has 0 spiro atoms. The van der Waals surface area contributed by atoms with Gasteiger partial charge >= 0.3 is 6.03 Å². The lowest BCUT2D eigenvalue weighted by atomic mass is 9.94. The molecule has 0 saturated heterocycles. The molecule has 0 aromatic heterocycles. The summed E-state index contributed by atoms with van der Waals surface area (Å²) in [6.07, 6.45) is 5.00. The fourth-order valence-corrected chi connectivity index (χ4v) is 4.47. The molecule has 162 valence electrons. The Balaban J connectivity index is 1.50. The maximum Gasteiger partial charge on any atom is 0.322 e. The summed E-state index contributed by atoms with van der Waals surface area (Å²) in [5.41, 5.74) is 2.38. The lowest BCUT2D eigenvalue weighted by molar-refractivity contribution is 0.0549. The van der Waals surface area contributed by atoms with Crippen LogP contribution in [0.15, 0.2) is 48.5 Å². The number of hydrogen-bond donors (Lipinski definition) is 1. The molecular weight excluding hydrogens is 390 g/mol. The molecule has 6 heteroatoms. The Morgan fingerprint density at radius 1 is 1.00 bits per heavy atom. The van der Waals surface area contributed by atoms with Crippen molar-refractivity contribution in [3.05, 3.63) is 65.2 Å². The van der Waals surface area contributed by atoms with Crippen LogP contribution in [0, 0.1) is 0 Å². The molecule has 2 aromatic carbocycles. The Morgan fingerprint density at radius 3 is 2.35 bits per heavy atom. The first kappa shape index (κ1) is 21.1. The monoisotopic (exact) mass is 419 g/mol. The minimum Gasteiger partial charge on any atom is -0.318 e. The summed E-state index contributed by atoms with van der Waals surface area (Å²) in [4.78, 5) is 42.0. The molecule has 1 N–H and O–H groups in total. The van der Waals surface area contributed by atoms with Gasteiger partial charge in [0.15, 0.2) is 0 Å². The number of amides is 4. The van der Waals surface area contributed by atoms with Gasteiger partial charge in [0.2, 0.25) is 0 Å². The molecule has 0 unspecified atom stereocenters. The van der Waals surface area contributed by atoms with Gasteiger partial charge in [-0.15, -0.1) is 0 Å². The highest BCUT2D eigenvalue weighted by Crippen LogP contribution is 2.32. The van der Waals surface area contributed by atoms with Crippen molar-refractivity contribution in [1.82, 2.24) is 9.80 Å². The molecule has 2 aliphatic rings.